The topological polar surface area (TPSA) is 110 Å². The third-order valence-corrected chi connectivity index (χ3v) is 5.73. The van der Waals surface area contributed by atoms with Crippen LogP contribution in [0.3, 0.4) is 0 Å². The normalized spacial score (nSPS) is 13.0. The molecule has 0 aliphatic rings. The maximum atomic E-state index is 13.9. The number of hydrogen-bond acceptors (Lipinski definition) is 9. The van der Waals surface area contributed by atoms with Crippen molar-refractivity contribution >= 4 is 17.7 Å². The lowest BCUT2D eigenvalue weighted by molar-refractivity contribution is -0.157. The van der Waals surface area contributed by atoms with Gasteiger partial charge in [0, 0.05) is 37.2 Å². The van der Waals surface area contributed by atoms with Crippen LogP contribution in [0.1, 0.15) is 49.3 Å². The Morgan fingerprint density at radius 2 is 1.64 bits per heavy atom. The van der Waals surface area contributed by atoms with Crippen molar-refractivity contribution in [1.82, 2.24) is 4.98 Å². The summed E-state index contributed by atoms with van der Waals surface area (Å²) >= 11 is 0. The molecule has 2 aromatic carbocycles. The summed E-state index contributed by atoms with van der Waals surface area (Å²) in [5, 5.41) is 0. The summed E-state index contributed by atoms with van der Waals surface area (Å²) in [4.78, 5) is 41.7. The summed E-state index contributed by atoms with van der Waals surface area (Å²) in [5.74, 6) is -2.48. The van der Waals surface area contributed by atoms with Crippen LogP contribution in [0.25, 0.3) is 0 Å². The van der Waals surface area contributed by atoms with Crippen molar-refractivity contribution in [2.45, 2.75) is 39.4 Å². The Morgan fingerprint density at radius 1 is 0.949 bits per heavy atom. The van der Waals surface area contributed by atoms with Gasteiger partial charge in [-0.15, -0.1) is 0 Å². The molecule has 1 heterocycles. The van der Waals surface area contributed by atoms with E-state index in [1.54, 1.807) is 31.2 Å². The minimum atomic E-state index is -0.884. The lowest BCUT2D eigenvalue weighted by Crippen LogP contribution is -2.30. The average molecular weight is 540 g/mol. The molecule has 9 nitrogen and oxygen atoms in total. The van der Waals surface area contributed by atoms with E-state index in [1.165, 1.54) is 58.5 Å². The number of carbonyl (C=O) groups is 3. The highest BCUT2D eigenvalue weighted by molar-refractivity contribution is 5.99. The smallest absolute Gasteiger partial charge is 0.309 e. The number of halogens is 1. The van der Waals surface area contributed by atoms with Crippen LogP contribution in [0.4, 0.5) is 4.39 Å². The molecule has 0 fully saturated rings. The van der Waals surface area contributed by atoms with Gasteiger partial charge in [-0.3, -0.25) is 14.4 Å². The zero-order chi connectivity index (χ0) is 28.5. The Labute approximate surface area is 225 Å². The highest BCUT2D eigenvalue weighted by Crippen LogP contribution is 2.34. The van der Waals surface area contributed by atoms with Crippen molar-refractivity contribution in [3.05, 3.63) is 77.9 Å². The number of nitrogens with zero attached hydrogens (tertiary/aromatic N) is 1. The molecule has 0 aliphatic heterocycles. The summed E-state index contributed by atoms with van der Waals surface area (Å²) in [7, 11) is 2.76. The van der Waals surface area contributed by atoms with Crippen LogP contribution in [0.2, 0.25) is 0 Å². The standard InChI is InChI=1S/C29H30FNO8/c1-17(15-23(33)26-28(38-19(3)32)24(35-4)13-14-31-26)29(34)37-18(2)27(39-21-9-7-6-8-10-21)22-12-11-20(30)16-25(22)36-5/h6-14,16-18,27H,15H2,1-5H3/t17-,18+,27+/m1/s1. The van der Waals surface area contributed by atoms with E-state index in [4.69, 9.17) is 23.7 Å². The van der Waals surface area contributed by atoms with Crippen molar-refractivity contribution in [1.29, 1.82) is 0 Å². The average Bonchev–Trinajstić information content (AvgIpc) is 2.92. The lowest BCUT2D eigenvalue weighted by Gasteiger charge is -2.27. The second-order valence-electron chi connectivity index (χ2n) is 8.69. The molecule has 0 unspecified atom stereocenters. The molecule has 0 N–H and O–H groups in total. The van der Waals surface area contributed by atoms with Crippen LogP contribution in [-0.4, -0.2) is 43.0 Å². The zero-order valence-electron chi connectivity index (χ0n) is 22.3. The molecular formula is C29H30FNO8. The number of esters is 2. The first kappa shape index (κ1) is 29.1. The Bertz CT molecular complexity index is 1310. The summed E-state index contributed by atoms with van der Waals surface area (Å²) < 4.78 is 41.4. The molecule has 0 bridgehead atoms. The fraction of sp³-hybridized carbons (Fsp3) is 0.310. The minimum Gasteiger partial charge on any atom is -0.496 e. The number of ether oxygens (including phenoxy) is 5. The van der Waals surface area contributed by atoms with Gasteiger partial charge in [0.1, 0.15) is 23.4 Å². The first-order valence-corrected chi connectivity index (χ1v) is 12.1. The van der Waals surface area contributed by atoms with Gasteiger partial charge >= 0.3 is 11.9 Å². The maximum Gasteiger partial charge on any atom is 0.309 e. The maximum absolute atomic E-state index is 13.9. The predicted octanol–water partition coefficient (Wildman–Crippen LogP) is 5.12. The number of Topliss-reactive ketones (excluding diaryl/α,β-unsaturated/α-hetero) is 1. The third kappa shape index (κ3) is 7.53. The highest BCUT2D eigenvalue weighted by Gasteiger charge is 2.31. The van der Waals surface area contributed by atoms with Crippen LogP contribution in [-0.2, 0) is 14.3 Å². The van der Waals surface area contributed by atoms with Crippen LogP contribution in [0, 0.1) is 11.7 Å². The number of ketones is 1. The van der Waals surface area contributed by atoms with E-state index in [1.807, 2.05) is 6.07 Å². The van der Waals surface area contributed by atoms with Gasteiger partial charge < -0.3 is 23.7 Å². The summed E-state index contributed by atoms with van der Waals surface area (Å²) in [6, 6.07) is 14.3. The van der Waals surface area contributed by atoms with Crippen LogP contribution >= 0.6 is 0 Å². The molecule has 0 spiro atoms. The fourth-order valence-corrected chi connectivity index (χ4v) is 3.83. The number of hydrogen-bond donors (Lipinski definition) is 0. The summed E-state index contributed by atoms with van der Waals surface area (Å²) in [6.07, 6.45) is -0.651. The number of pyridine rings is 1. The van der Waals surface area contributed by atoms with Crippen LogP contribution < -0.4 is 18.9 Å². The Balaban J connectivity index is 1.80. The molecule has 3 aromatic rings. The molecule has 0 radical (unpaired) electrons. The van der Waals surface area contributed by atoms with Gasteiger partial charge in [-0.25, -0.2) is 9.37 Å². The van der Waals surface area contributed by atoms with E-state index in [0.717, 1.165) is 0 Å². The first-order chi connectivity index (χ1) is 18.6. The van der Waals surface area contributed by atoms with Gasteiger partial charge in [-0.1, -0.05) is 25.1 Å². The number of aromatic nitrogens is 1. The molecule has 0 saturated heterocycles. The summed E-state index contributed by atoms with van der Waals surface area (Å²) in [5.41, 5.74) is 0.331. The van der Waals surface area contributed by atoms with E-state index >= 15 is 0 Å². The predicted molar refractivity (Wildman–Crippen MR) is 139 cm³/mol. The SMILES string of the molecule is COc1cc(F)ccc1[C@@H](Oc1ccccc1)[C@H](C)OC(=O)[C@H](C)CC(=O)c1nccc(OC)c1OC(C)=O. The Morgan fingerprint density at radius 3 is 2.28 bits per heavy atom. The summed E-state index contributed by atoms with van der Waals surface area (Å²) in [6.45, 7) is 4.35. The lowest BCUT2D eigenvalue weighted by atomic mass is 10.0. The van der Waals surface area contributed by atoms with E-state index in [2.05, 4.69) is 4.98 Å². The van der Waals surface area contributed by atoms with Gasteiger partial charge in [0.2, 0.25) is 5.75 Å². The molecule has 10 heteroatoms. The van der Waals surface area contributed by atoms with Crippen molar-refractivity contribution in [3.63, 3.8) is 0 Å². The van der Waals surface area contributed by atoms with E-state index in [-0.39, 0.29) is 29.4 Å². The molecule has 206 valence electrons. The number of para-hydroxylation sites is 1. The second-order valence-corrected chi connectivity index (χ2v) is 8.69. The van der Waals surface area contributed by atoms with Gasteiger partial charge in [0.15, 0.2) is 23.3 Å². The number of carbonyl (C=O) groups excluding carboxylic acids is 3. The highest BCUT2D eigenvalue weighted by atomic mass is 19.1. The van der Waals surface area contributed by atoms with E-state index in [0.29, 0.717) is 11.3 Å². The monoisotopic (exact) mass is 539 g/mol. The van der Waals surface area contributed by atoms with E-state index < -0.39 is 41.7 Å². The van der Waals surface area contributed by atoms with Crippen LogP contribution in [0.15, 0.2) is 60.8 Å². The second kappa shape index (κ2) is 13.4. The molecule has 3 atom stereocenters. The largest absolute Gasteiger partial charge is 0.496 e. The Hall–Kier alpha value is -4.47. The third-order valence-electron chi connectivity index (χ3n) is 5.73. The van der Waals surface area contributed by atoms with Gasteiger partial charge in [0.25, 0.3) is 0 Å². The van der Waals surface area contributed by atoms with Crippen molar-refractivity contribution < 1.29 is 42.5 Å². The Kier molecular flexibility index (Phi) is 9.97. The number of methoxy groups -OCH3 is 2. The van der Waals surface area contributed by atoms with Crippen LogP contribution in [0.5, 0.6) is 23.0 Å². The minimum absolute atomic E-state index is 0.119. The quantitative estimate of drug-likeness (QED) is 0.229. The molecular weight excluding hydrogens is 509 g/mol. The molecule has 3 rings (SSSR count). The van der Waals surface area contributed by atoms with Gasteiger partial charge in [0.05, 0.1) is 20.1 Å². The molecule has 1 aromatic heterocycles. The van der Waals surface area contributed by atoms with Crippen molar-refractivity contribution in [2.24, 2.45) is 5.92 Å². The van der Waals surface area contributed by atoms with Crippen molar-refractivity contribution in [2.75, 3.05) is 14.2 Å². The molecule has 39 heavy (non-hydrogen) atoms. The molecule has 0 aliphatic carbocycles. The van der Waals surface area contributed by atoms with Gasteiger partial charge in [-0.05, 0) is 31.2 Å². The molecule has 0 saturated carbocycles. The van der Waals surface area contributed by atoms with E-state index in [9.17, 15) is 18.8 Å². The molecule has 0 amide bonds. The number of rotatable bonds is 12. The first-order valence-electron chi connectivity index (χ1n) is 12.1. The van der Waals surface area contributed by atoms with Crippen molar-refractivity contribution in [3.8, 4) is 23.0 Å². The fourth-order valence-electron chi connectivity index (χ4n) is 3.83. The zero-order valence-corrected chi connectivity index (χ0v) is 22.3. The number of benzene rings is 2. The van der Waals surface area contributed by atoms with Gasteiger partial charge in [-0.2, -0.15) is 0 Å².